The summed E-state index contributed by atoms with van der Waals surface area (Å²) < 4.78 is 29.1. The largest absolute Gasteiger partial charge is 0.360 e. The predicted octanol–water partition coefficient (Wildman–Crippen LogP) is 0.473. The third kappa shape index (κ3) is 1.66. The molecule has 0 radical (unpaired) electrons. The van der Waals surface area contributed by atoms with Gasteiger partial charge in [-0.15, -0.1) is 0 Å². The van der Waals surface area contributed by atoms with Gasteiger partial charge >= 0.3 is 0 Å². The fourth-order valence-electron chi connectivity index (χ4n) is 1.07. The van der Waals surface area contributed by atoms with Crippen molar-refractivity contribution in [1.29, 1.82) is 0 Å². The maximum atomic E-state index is 11.8. The van der Waals surface area contributed by atoms with Crippen molar-refractivity contribution in [2.24, 2.45) is 0 Å². The molecule has 80 valence electrons. The van der Waals surface area contributed by atoms with Gasteiger partial charge in [-0.1, -0.05) is 9.63 Å². The van der Waals surface area contributed by atoms with Gasteiger partial charge in [-0.25, -0.2) is 8.42 Å². The molecule has 7 heteroatoms. The molecule has 0 aliphatic carbocycles. The van der Waals surface area contributed by atoms with Crippen molar-refractivity contribution in [2.45, 2.75) is 18.7 Å². The van der Waals surface area contributed by atoms with Crippen LogP contribution in [0.1, 0.15) is 11.5 Å². The van der Waals surface area contributed by atoms with E-state index in [9.17, 15) is 8.42 Å². The van der Waals surface area contributed by atoms with E-state index < -0.39 is 10.0 Å². The summed E-state index contributed by atoms with van der Waals surface area (Å²) in [5.41, 5.74) is 0.325. The van der Waals surface area contributed by atoms with Gasteiger partial charge in [0.25, 0.3) is 10.0 Å². The molecule has 0 N–H and O–H groups in total. The SMILES string of the molecule is CON(C)S(=O)(=O)c1c(C)noc1C. The van der Waals surface area contributed by atoms with E-state index in [2.05, 4.69) is 9.99 Å². The molecular formula is C7H12N2O4S. The van der Waals surface area contributed by atoms with Crippen LogP contribution in [0, 0.1) is 13.8 Å². The Morgan fingerprint density at radius 2 is 2.00 bits per heavy atom. The van der Waals surface area contributed by atoms with Gasteiger partial charge in [-0.2, -0.15) is 0 Å². The molecule has 0 aliphatic rings. The van der Waals surface area contributed by atoms with Crippen molar-refractivity contribution < 1.29 is 17.8 Å². The topological polar surface area (TPSA) is 72.6 Å². The second-order valence-electron chi connectivity index (χ2n) is 2.75. The molecule has 1 aromatic heterocycles. The van der Waals surface area contributed by atoms with Crippen LogP contribution in [0.2, 0.25) is 0 Å². The molecule has 0 aromatic carbocycles. The van der Waals surface area contributed by atoms with Crippen LogP contribution in [-0.4, -0.2) is 32.2 Å². The predicted molar refractivity (Wildman–Crippen MR) is 47.9 cm³/mol. The van der Waals surface area contributed by atoms with Gasteiger partial charge in [0.05, 0.1) is 7.11 Å². The van der Waals surface area contributed by atoms with Crippen molar-refractivity contribution in [1.82, 2.24) is 9.63 Å². The highest BCUT2D eigenvalue weighted by Crippen LogP contribution is 2.21. The van der Waals surface area contributed by atoms with Crippen LogP contribution in [0.4, 0.5) is 0 Å². The average Bonchev–Trinajstić information content (AvgIpc) is 2.44. The van der Waals surface area contributed by atoms with Crippen LogP contribution in [0.5, 0.6) is 0 Å². The lowest BCUT2D eigenvalue weighted by Gasteiger charge is -2.13. The molecule has 0 atom stereocenters. The maximum absolute atomic E-state index is 11.8. The molecule has 1 heterocycles. The lowest BCUT2D eigenvalue weighted by Crippen LogP contribution is -2.26. The molecule has 0 saturated carbocycles. The standard InChI is InChI=1S/C7H12N2O4S/c1-5-7(6(2)13-8-5)14(10,11)9(3)12-4/h1-4H3. The molecule has 14 heavy (non-hydrogen) atoms. The Kier molecular flexibility index (Phi) is 2.93. The Bertz CT molecular complexity index is 403. The summed E-state index contributed by atoms with van der Waals surface area (Å²) >= 11 is 0. The van der Waals surface area contributed by atoms with Crippen LogP contribution in [0.15, 0.2) is 9.42 Å². The van der Waals surface area contributed by atoms with Crippen LogP contribution in [-0.2, 0) is 14.9 Å². The normalized spacial score (nSPS) is 12.4. The zero-order valence-electron chi connectivity index (χ0n) is 8.44. The number of hydrogen-bond acceptors (Lipinski definition) is 5. The first kappa shape index (κ1) is 11.2. The Balaban J connectivity index is 3.30. The Morgan fingerprint density at radius 3 is 2.36 bits per heavy atom. The minimum atomic E-state index is -3.65. The highest BCUT2D eigenvalue weighted by atomic mass is 32.2. The van der Waals surface area contributed by atoms with Crippen LogP contribution in [0.25, 0.3) is 0 Å². The van der Waals surface area contributed by atoms with Crippen LogP contribution < -0.4 is 0 Å². The van der Waals surface area contributed by atoms with Gasteiger partial charge in [0.15, 0.2) is 5.76 Å². The van der Waals surface area contributed by atoms with Crippen molar-refractivity contribution >= 4 is 10.0 Å². The van der Waals surface area contributed by atoms with Crippen molar-refractivity contribution in [3.63, 3.8) is 0 Å². The number of aromatic nitrogens is 1. The van der Waals surface area contributed by atoms with Gasteiger partial charge in [0.1, 0.15) is 10.6 Å². The van der Waals surface area contributed by atoms with E-state index >= 15 is 0 Å². The minimum absolute atomic E-state index is 0.0573. The van der Waals surface area contributed by atoms with Crippen molar-refractivity contribution in [3.05, 3.63) is 11.5 Å². The number of aryl methyl sites for hydroxylation is 2. The summed E-state index contributed by atoms with van der Waals surface area (Å²) in [5.74, 6) is 0.256. The first-order valence-corrected chi connectivity index (χ1v) is 5.31. The first-order chi connectivity index (χ1) is 6.41. The summed E-state index contributed by atoms with van der Waals surface area (Å²) in [4.78, 5) is 4.68. The smallest absolute Gasteiger partial charge is 0.270 e. The zero-order chi connectivity index (χ0) is 10.9. The summed E-state index contributed by atoms with van der Waals surface area (Å²) in [6, 6.07) is 0. The average molecular weight is 220 g/mol. The molecule has 1 rings (SSSR count). The first-order valence-electron chi connectivity index (χ1n) is 3.87. The summed E-state index contributed by atoms with van der Waals surface area (Å²) in [6.07, 6.45) is 0. The van der Waals surface area contributed by atoms with E-state index in [1.165, 1.54) is 21.1 Å². The number of rotatable bonds is 3. The van der Waals surface area contributed by atoms with Crippen molar-refractivity contribution in [3.8, 4) is 0 Å². The quantitative estimate of drug-likeness (QED) is 0.692. The number of hydroxylamine groups is 1. The molecule has 0 unspecified atom stereocenters. The van der Waals surface area contributed by atoms with E-state index in [0.717, 1.165) is 4.47 Å². The van der Waals surface area contributed by atoms with Crippen LogP contribution in [0.3, 0.4) is 0 Å². The zero-order valence-corrected chi connectivity index (χ0v) is 9.25. The summed E-state index contributed by atoms with van der Waals surface area (Å²) in [6.45, 7) is 3.10. The molecule has 0 amide bonds. The van der Waals surface area contributed by atoms with Gasteiger partial charge in [0.2, 0.25) is 0 Å². The molecule has 0 saturated heterocycles. The van der Waals surface area contributed by atoms with E-state index in [-0.39, 0.29) is 10.7 Å². The lowest BCUT2D eigenvalue weighted by atomic mass is 10.4. The lowest BCUT2D eigenvalue weighted by molar-refractivity contribution is -0.0259. The number of sulfonamides is 1. The minimum Gasteiger partial charge on any atom is -0.360 e. The Labute approximate surface area is 82.4 Å². The van der Waals surface area contributed by atoms with E-state index in [1.54, 1.807) is 6.92 Å². The fourth-order valence-corrected chi connectivity index (χ4v) is 2.33. The highest BCUT2D eigenvalue weighted by molar-refractivity contribution is 7.89. The highest BCUT2D eigenvalue weighted by Gasteiger charge is 2.28. The monoisotopic (exact) mass is 220 g/mol. The van der Waals surface area contributed by atoms with E-state index in [0.29, 0.717) is 5.69 Å². The molecule has 0 fully saturated rings. The Hall–Kier alpha value is -0.920. The van der Waals surface area contributed by atoms with E-state index in [1.807, 2.05) is 0 Å². The maximum Gasteiger partial charge on any atom is 0.270 e. The second kappa shape index (κ2) is 3.68. The third-order valence-corrected chi connectivity index (χ3v) is 3.75. The summed E-state index contributed by atoms with van der Waals surface area (Å²) in [5, 5.41) is 3.56. The van der Waals surface area contributed by atoms with E-state index in [4.69, 9.17) is 4.52 Å². The van der Waals surface area contributed by atoms with Crippen molar-refractivity contribution in [2.75, 3.05) is 14.2 Å². The molecule has 0 spiro atoms. The third-order valence-electron chi connectivity index (χ3n) is 1.82. The van der Waals surface area contributed by atoms with Gasteiger partial charge in [-0.3, -0.25) is 4.84 Å². The Morgan fingerprint density at radius 1 is 1.43 bits per heavy atom. The summed E-state index contributed by atoms with van der Waals surface area (Å²) in [7, 11) is -1.07. The molecule has 6 nitrogen and oxygen atoms in total. The van der Waals surface area contributed by atoms with Crippen LogP contribution >= 0.6 is 0 Å². The number of nitrogens with zero attached hydrogens (tertiary/aromatic N) is 2. The molecule has 1 aromatic rings. The fraction of sp³-hybridized carbons (Fsp3) is 0.571. The molecule has 0 aliphatic heterocycles. The van der Waals surface area contributed by atoms with Gasteiger partial charge < -0.3 is 4.52 Å². The number of hydrogen-bond donors (Lipinski definition) is 0. The van der Waals surface area contributed by atoms with Gasteiger partial charge in [-0.05, 0) is 13.8 Å². The van der Waals surface area contributed by atoms with Gasteiger partial charge in [0, 0.05) is 7.05 Å². The molecular weight excluding hydrogens is 208 g/mol. The second-order valence-corrected chi connectivity index (χ2v) is 4.62. The molecule has 0 bridgehead atoms.